The Kier molecular flexibility index (Phi) is 6.58. The van der Waals surface area contributed by atoms with Gasteiger partial charge in [-0.15, -0.1) is 0 Å². The molecule has 0 saturated carbocycles. The van der Waals surface area contributed by atoms with Crippen LogP contribution in [0.25, 0.3) is 0 Å². The molecule has 1 atom stereocenters. The lowest BCUT2D eigenvalue weighted by molar-refractivity contribution is -0.146. The molecule has 0 aliphatic rings. The van der Waals surface area contributed by atoms with E-state index >= 15 is 0 Å². The number of aliphatic carboxylic acids is 1. The zero-order chi connectivity index (χ0) is 20.0. The fraction of sp³-hybridized carbons (Fsp3) is 0.250. The monoisotopic (exact) mass is 388 g/mol. The van der Waals surface area contributed by atoms with E-state index in [-0.39, 0.29) is 6.42 Å². The molecule has 7 heteroatoms. The van der Waals surface area contributed by atoms with Gasteiger partial charge in [-0.05, 0) is 31.5 Å². The molecule has 0 fully saturated rings. The summed E-state index contributed by atoms with van der Waals surface area (Å²) in [4.78, 5) is 36.2. The fourth-order valence-corrected chi connectivity index (χ4v) is 2.68. The van der Waals surface area contributed by atoms with Gasteiger partial charge in [0.1, 0.15) is 5.54 Å². The molecule has 142 valence electrons. The highest BCUT2D eigenvalue weighted by atomic mass is 35.5. The summed E-state index contributed by atoms with van der Waals surface area (Å²) >= 11 is 6.07. The number of carboxylic acids is 1. The van der Waals surface area contributed by atoms with Gasteiger partial charge in [0.25, 0.3) is 5.91 Å². The van der Waals surface area contributed by atoms with Crippen molar-refractivity contribution in [2.45, 2.75) is 31.8 Å². The molecule has 0 aliphatic carbocycles. The maximum absolute atomic E-state index is 12.6. The van der Waals surface area contributed by atoms with Crippen molar-refractivity contribution < 1.29 is 19.5 Å². The summed E-state index contributed by atoms with van der Waals surface area (Å²) in [6.07, 6.45) is -0.114. The topological polar surface area (TPSA) is 95.5 Å². The number of nitrogens with one attached hydrogen (secondary N) is 2. The molecule has 0 saturated heterocycles. The second-order valence-electron chi connectivity index (χ2n) is 6.60. The average molecular weight is 389 g/mol. The number of carboxylic acid groups (broad SMARTS) is 1. The maximum atomic E-state index is 12.6. The number of hydrogen-bond donors (Lipinski definition) is 3. The number of carbonyl (C=O) groups excluding carboxylic acids is 2. The lowest BCUT2D eigenvalue weighted by Crippen LogP contribution is -2.50. The third kappa shape index (κ3) is 5.56. The molecule has 0 bridgehead atoms. The van der Waals surface area contributed by atoms with Gasteiger partial charge in [-0.1, -0.05) is 54.1 Å². The number of hydrogen-bond acceptors (Lipinski definition) is 3. The number of halogens is 1. The molecule has 0 heterocycles. The first kappa shape index (κ1) is 20.5. The Hall–Kier alpha value is -2.86. The molecule has 2 amide bonds. The Bertz CT molecular complexity index is 837. The molecule has 2 aromatic rings. The van der Waals surface area contributed by atoms with Crippen LogP contribution < -0.4 is 10.6 Å². The molecule has 0 aromatic heterocycles. The predicted octanol–water partition coefficient (Wildman–Crippen LogP) is 3.18. The van der Waals surface area contributed by atoms with Crippen molar-refractivity contribution in [2.24, 2.45) is 0 Å². The molecule has 6 nitrogen and oxygen atoms in total. The quantitative estimate of drug-likeness (QED) is 0.678. The van der Waals surface area contributed by atoms with Crippen LogP contribution in [0.1, 0.15) is 42.2 Å². The Morgan fingerprint density at radius 3 is 2.22 bits per heavy atom. The van der Waals surface area contributed by atoms with Gasteiger partial charge in [-0.2, -0.15) is 0 Å². The third-order valence-corrected chi connectivity index (χ3v) is 4.33. The lowest BCUT2D eigenvalue weighted by Gasteiger charge is -2.24. The van der Waals surface area contributed by atoms with Crippen molar-refractivity contribution in [1.29, 1.82) is 0 Å². The minimum Gasteiger partial charge on any atom is -0.480 e. The van der Waals surface area contributed by atoms with Gasteiger partial charge in [0.2, 0.25) is 5.91 Å². The summed E-state index contributed by atoms with van der Waals surface area (Å²) < 4.78 is 0. The first-order valence-electron chi connectivity index (χ1n) is 8.35. The highest BCUT2D eigenvalue weighted by Gasteiger charge is 2.30. The van der Waals surface area contributed by atoms with Crippen LogP contribution in [0.15, 0.2) is 54.6 Å². The van der Waals surface area contributed by atoms with Crippen molar-refractivity contribution in [3.05, 3.63) is 70.7 Å². The SMILES string of the molecule is CC(C)(NC(=O)CC(NC(=O)c1ccccc1Cl)c1ccccc1)C(=O)O. The molecule has 3 N–H and O–H groups in total. The van der Waals surface area contributed by atoms with Crippen molar-refractivity contribution in [3.63, 3.8) is 0 Å². The van der Waals surface area contributed by atoms with Gasteiger partial charge in [0, 0.05) is 0 Å². The van der Waals surface area contributed by atoms with Gasteiger partial charge in [-0.3, -0.25) is 9.59 Å². The lowest BCUT2D eigenvalue weighted by atomic mass is 10.0. The van der Waals surface area contributed by atoms with Gasteiger partial charge in [0.15, 0.2) is 0 Å². The zero-order valence-electron chi connectivity index (χ0n) is 15.0. The molecule has 0 spiro atoms. The number of amides is 2. The first-order valence-corrected chi connectivity index (χ1v) is 8.73. The van der Waals surface area contributed by atoms with E-state index in [1.54, 1.807) is 48.5 Å². The molecule has 27 heavy (non-hydrogen) atoms. The largest absolute Gasteiger partial charge is 0.480 e. The van der Waals surface area contributed by atoms with E-state index in [1.807, 2.05) is 6.07 Å². The Morgan fingerprint density at radius 1 is 1.04 bits per heavy atom. The Balaban J connectivity index is 2.20. The predicted molar refractivity (Wildman–Crippen MR) is 103 cm³/mol. The van der Waals surface area contributed by atoms with E-state index in [2.05, 4.69) is 10.6 Å². The second-order valence-corrected chi connectivity index (χ2v) is 7.01. The third-order valence-electron chi connectivity index (χ3n) is 4.00. The van der Waals surface area contributed by atoms with E-state index in [1.165, 1.54) is 13.8 Å². The van der Waals surface area contributed by atoms with Crippen molar-refractivity contribution in [2.75, 3.05) is 0 Å². The van der Waals surface area contributed by atoms with Gasteiger partial charge in [-0.25, -0.2) is 4.79 Å². The van der Waals surface area contributed by atoms with Crippen LogP contribution in [0.5, 0.6) is 0 Å². The molecule has 0 radical (unpaired) electrons. The van der Waals surface area contributed by atoms with E-state index in [9.17, 15) is 14.4 Å². The summed E-state index contributed by atoms with van der Waals surface area (Å²) in [5.41, 5.74) is -0.391. The number of rotatable bonds is 7. The minimum absolute atomic E-state index is 0.114. The summed E-state index contributed by atoms with van der Waals surface area (Å²) in [6.45, 7) is 2.79. The van der Waals surface area contributed by atoms with Crippen LogP contribution in [-0.2, 0) is 9.59 Å². The van der Waals surface area contributed by atoms with Crippen LogP contribution >= 0.6 is 11.6 Å². The van der Waals surface area contributed by atoms with Crippen molar-refractivity contribution in [3.8, 4) is 0 Å². The standard InChI is InChI=1S/C20H21ClN2O4/c1-20(2,19(26)27)23-17(24)12-16(13-8-4-3-5-9-13)22-18(25)14-10-6-7-11-15(14)21/h3-11,16H,12H2,1-2H3,(H,22,25)(H,23,24)(H,26,27). The minimum atomic E-state index is -1.41. The van der Waals surface area contributed by atoms with Gasteiger partial charge < -0.3 is 15.7 Å². The maximum Gasteiger partial charge on any atom is 0.328 e. The summed E-state index contributed by atoms with van der Waals surface area (Å²) in [6, 6.07) is 15.0. The normalized spacial score (nSPS) is 12.1. The van der Waals surface area contributed by atoms with Crippen molar-refractivity contribution in [1.82, 2.24) is 10.6 Å². The molecule has 2 rings (SSSR count). The molecule has 1 unspecified atom stereocenters. The van der Waals surface area contributed by atoms with E-state index in [0.717, 1.165) is 5.56 Å². The van der Waals surface area contributed by atoms with Crippen LogP contribution in [0, 0.1) is 0 Å². The van der Waals surface area contributed by atoms with Crippen LogP contribution in [0.3, 0.4) is 0 Å². The van der Waals surface area contributed by atoms with Crippen LogP contribution in [-0.4, -0.2) is 28.4 Å². The number of benzene rings is 2. The van der Waals surface area contributed by atoms with Crippen LogP contribution in [0.2, 0.25) is 5.02 Å². The second kappa shape index (κ2) is 8.68. The Morgan fingerprint density at radius 2 is 1.63 bits per heavy atom. The summed E-state index contributed by atoms with van der Waals surface area (Å²) in [5, 5.41) is 14.7. The number of carbonyl (C=O) groups is 3. The smallest absolute Gasteiger partial charge is 0.328 e. The first-order chi connectivity index (χ1) is 12.7. The molecular formula is C20H21ClN2O4. The van der Waals surface area contributed by atoms with E-state index < -0.39 is 29.4 Å². The van der Waals surface area contributed by atoms with E-state index in [4.69, 9.17) is 16.7 Å². The highest BCUT2D eigenvalue weighted by Crippen LogP contribution is 2.20. The molecular weight excluding hydrogens is 368 g/mol. The fourth-order valence-electron chi connectivity index (χ4n) is 2.46. The average Bonchev–Trinajstić information content (AvgIpc) is 2.61. The summed E-state index contributed by atoms with van der Waals surface area (Å²) in [7, 11) is 0. The van der Waals surface area contributed by atoms with E-state index in [0.29, 0.717) is 10.6 Å². The van der Waals surface area contributed by atoms with Gasteiger partial charge >= 0.3 is 5.97 Å². The zero-order valence-corrected chi connectivity index (χ0v) is 15.8. The summed E-state index contributed by atoms with van der Waals surface area (Å²) in [5.74, 6) is -2.05. The van der Waals surface area contributed by atoms with Gasteiger partial charge in [0.05, 0.1) is 23.0 Å². The van der Waals surface area contributed by atoms with Crippen molar-refractivity contribution >= 4 is 29.4 Å². The Labute approximate surface area is 162 Å². The highest BCUT2D eigenvalue weighted by molar-refractivity contribution is 6.33. The molecule has 2 aromatic carbocycles. The molecule has 0 aliphatic heterocycles. The van der Waals surface area contributed by atoms with Crippen LogP contribution in [0.4, 0.5) is 0 Å².